The molecule has 1 atom stereocenters. The fraction of sp³-hybridized carbons (Fsp3) is 0.233. The van der Waals surface area contributed by atoms with Crippen molar-refractivity contribution in [2.45, 2.75) is 37.8 Å². The van der Waals surface area contributed by atoms with E-state index < -0.39 is 5.72 Å². The molecule has 33 heavy (non-hydrogen) atoms. The van der Waals surface area contributed by atoms with E-state index in [9.17, 15) is 4.79 Å². The van der Waals surface area contributed by atoms with Gasteiger partial charge in [0.2, 0.25) is 5.72 Å². The number of rotatable bonds is 2. The zero-order valence-corrected chi connectivity index (χ0v) is 19.3. The molecule has 0 fully saturated rings. The molecule has 1 spiro atoms. The molecular formula is C30H27NO2. The Labute approximate surface area is 194 Å². The summed E-state index contributed by atoms with van der Waals surface area (Å²) in [6.45, 7) is 4.42. The number of hydrogen-bond acceptors (Lipinski definition) is 3. The molecule has 0 bridgehead atoms. The van der Waals surface area contributed by atoms with Crippen molar-refractivity contribution in [1.82, 2.24) is 0 Å². The Balaban J connectivity index is 1.44. The summed E-state index contributed by atoms with van der Waals surface area (Å²) >= 11 is 0. The number of carbonyl (C=O) groups excluding carboxylic acids is 1. The molecule has 164 valence electrons. The van der Waals surface area contributed by atoms with E-state index in [0.29, 0.717) is 0 Å². The lowest BCUT2D eigenvalue weighted by molar-refractivity contribution is 0.0583. The van der Waals surface area contributed by atoms with Crippen molar-refractivity contribution in [3.05, 3.63) is 101 Å². The van der Waals surface area contributed by atoms with Crippen LogP contribution in [0.15, 0.2) is 84.5 Å². The van der Waals surface area contributed by atoms with E-state index >= 15 is 0 Å². The second-order valence-corrected chi connectivity index (χ2v) is 9.71. The number of hydrogen-bond donors (Lipinski definition) is 0. The molecule has 0 aromatic heterocycles. The first kappa shape index (κ1) is 20.0. The molecule has 2 heterocycles. The number of likely N-dealkylation sites (N-methyl/N-ethyl adjacent to an activating group) is 1. The number of fused-ring (bicyclic) bond motifs is 4. The second kappa shape index (κ2) is 6.95. The van der Waals surface area contributed by atoms with Crippen LogP contribution in [0.5, 0.6) is 5.75 Å². The first-order chi connectivity index (χ1) is 15.9. The predicted molar refractivity (Wildman–Crippen MR) is 135 cm³/mol. The minimum absolute atomic E-state index is 0.0880. The molecule has 3 nitrogen and oxygen atoms in total. The van der Waals surface area contributed by atoms with Gasteiger partial charge in [-0.2, -0.15) is 0 Å². The van der Waals surface area contributed by atoms with Crippen LogP contribution in [0, 0.1) is 0 Å². The lowest BCUT2D eigenvalue weighted by atomic mass is 9.75. The maximum Gasteiger partial charge on any atom is 0.211 e. The fourth-order valence-corrected chi connectivity index (χ4v) is 5.66. The standard InChI is InChI=1S/C30H27NO2/c1-29(2)25-19-22(28(32)21-10-5-4-6-11-21)13-15-26(25)31(3)30(29)18-17-24-23-12-8-7-9-20(23)14-16-27(24)33-30/h5,7-19H,4,6H2,1-3H3. The van der Waals surface area contributed by atoms with E-state index in [-0.39, 0.29) is 11.2 Å². The molecule has 1 aliphatic carbocycles. The third kappa shape index (κ3) is 2.72. The van der Waals surface area contributed by atoms with Crippen LogP contribution >= 0.6 is 0 Å². The van der Waals surface area contributed by atoms with Crippen molar-refractivity contribution in [1.29, 1.82) is 0 Å². The lowest BCUT2D eigenvalue weighted by Gasteiger charge is -2.46. The van der Waals surface area contributed by atoms with Gasteiger partial charge in [-0.3, -0.25) is 4.79 Å². The van der Waals surface area contributed by atoms with Gasteiger partial charge in [0, 0.05) is 29.4 Å². The van der Waals surface area contributed by atoms with Gasteiger partial charge >= 0.3 is 0 Å². The number of allylic oxidation sites excluding steroid dienone is 4. The number of Topliss-reactive ketones (excluding diaryl/α,β-unsaturated/α-hetero) is 1. The van der Waals surface area contributed by atoms with Crippen molar-refractivity contribution in [2.75, 3.05) is 11.9 Å². The van der Waals surface area contributed by atoms with Crippen molar-refractivity contribution < 1.29 is 9.53 Å². The van der Waals surface area contributed by atoms with E-state index in [0.717, 1.165) is 46.5 Å². The van der Waals surface area contributed by atoms with E-state index in [1.807, 2.05) is 18.2 Å². The molecule has 0 saturated heterocycles. The first-order valence-electron chi connectivity index (χ1n) is 11.6. The summed E-state index contributed by atoms with van der Waals surface area (Å²) in [5, 5.41) is 2.40. The largest absolute Gasteiger partial charge is 0.463 e. The summed E-state index contributed by atoms with van der Waals surface area (Å²) in [5.74, 6) is 0.975. The number of ether oxygens (including phenoxy) is 1. The van der Waals surface area contributed by atoms with E-state index in [4.69, 9.17) is 4.74 Å². The maximum atomic E-state index is 13.2. The van der Waals surface area contributed by atoms with Crippen LogP contribution in [0.2, 0.25) is 0 Å². The highest BCUT2D eigenvalue weighted by Gasteiger charge is 2.57. The van der Waals surface area contributed by atoms with Gasteiger partial charge < -0.3 is 9.64 Å². The minimum atomic E-state index is -0.670. The highest BCUT2D eigenvalue weighted by molar-refractivity contribution is 6.11. The average Bonchev–Trinajstić information content (AvgIpc) is 3.01. The molecule has 0 saturated carbocycles. The quantitative estimate of drug-likeness (QED) is 0.415. The molecule has 3 aromatic carbocycles. The van der Waals surface area contributed by atoms with Gasteiger partial charge in [0.1, 0.15) is 5.75 Å². The number of nitrogens with zero attached hydrogens (tertiary/aromatic N) is 1. The Kier molecular flexibility index (Phi) is 4.22. The van der Waals surface area contributed by atoms with Gasteiger partial charge in [-0.15, -0.1) is 0 Å². The monoisotopic (exact) mass is 433 g/mol. The SMILES string of the molecule is CN1c2ccc(C(=O)C3=CCCC=C3)cc2C(C)(C)C12C=Cc1c(ccc3ccccc13)O2. The highest BCUT2D eigenvalue weighted by atomic mass is 16.5. The maximum absolute atomic E-state index is 13.2. The molecule has 0 amide bonds. The van der Waals surface area contributed by atoms with Gasteiger partial charge in [-0.1, -0.05) is 48.6 Å². The van der Waals surface area contributed by atoms with Crippen LogP contribution in [-0.4, -0.2) is 18.6 Å². The molecule has 6 rings (SSSR count). The molecule has 3 aromatic rings. The highest BCUT2D eigenvalue weighted by Crippen LogP contribution is 2.55. The lowest BCUT2D eigenvalue weighted by Crippen LogP contribution is -2.58. The van der Waals surface area contributed by atoms with Crippen LogP contribution in [0.3, 0.4) is 0 Å². The van der Waals surface area contributed by atoms with Crippen LogP contribution < -0.4 is 9.64 Å². The molecule has 0 N–H and O–H groups in total. The Hall–Kier alpha value is -3.59. The van der Waals surface area contributed by atoms with Gasteiger partial charge in [0.05, 0.1) is 5.41 Å². The molecular weight excluding hydrogens is 406 g/mol. The number of carbonyl (C=O) groups is 1. The summed E-state index contributed by atoms with van der Waals surface area (Å²) in [6.07, 6.45) is 12.4. The predicted octanol–water partition coefficient (Wildman–Crippen LogP) is 6.83. The van der Waals surface area contributed by atoms with E-state index in [2.05, 4.69) is 92.6 Å². The third-order valence-electron chi connectivity index (χ3n) is 7.62. The first-order valence-corrected chi connectivity index (χ1v) is 11.6. The van der Waals surface area contributed by atoms with Crippen LogP contribution in [0.1, 0.15) is 48.2 Å². The summed E-state index contributed by atoms with van der Waals surface area (Å²) in [5.41, 5.74) is 3.82. The Bertz CT molecular complexity index is 1410. The zero-order chi connectivity index (χ0) is 22.8. The Morgan fingerprint density at radius 1 is 1.00 bits per heavy atom. The topological polar surface area (TPSA) is 29.5 Å². The third-order valence-corrected chi connectivity index (χ3v) is 7.62. The summed E-state index contributed by atoms with van der Waals surface area (Å²) < 4.78 is 6.85. The smallest absolute Gasteiger partial charge is 0.211 e. The molecule has 2 aliphatic heterocycles. The summed E-state index contributed by atoms with van der Waals surface area (Å²) in [4.78, 5) is 15.4. The van der Waals surface area contributed by atoms with Crippen molar-refractivity contribution >= 4 is 28.3 Å². The van der Waals surface area contributed by atoms with E-state index in [1.54, 1.807) is 0 Å². The fourth-order valence-electron chi connectivity index (χ4n) is 5.66. The van der Waals surface area contributed by atoms with Crippen LogP contribution in [-0.2, 0) is 5.41 Å². The molecule has 3 heteroatoms. The normalized spacial score (nSPS) is 22.2. The van der Waals surface area contributed by atoms with Crippen molar-refractivity contribution in [3.63, 3.8) is 0 Å². The zero-order valence-electron chi connectivity index (χ0n) is 19.3. The molecule has 0 radical (unpaired) electrons. The summed E-state index contributed by atoms with van der Waals surface area (Å²) in [7, 11) is 2.08. The van der Waals surface area contributed by atoms with Gasteiger partial charge in [-0.05, 0) is 79.4 Å². The Morgan fingerprint density at radius 2 is 1.85 bits per heavy atom. The van der Waals surface area contributed by atoms with Crippen LogP contribution in [0.25, 0.3) is 16.8 Å². The summed E-state index contributed by atoms with van der Waals surface area (Å²) in [6, 6.07) is 18.7. The second-order valence-electron chi connectivity index (χ2n) is 9.71. The number of ketones is 1. The van der Waals surface area contributed by atoms with Crippen molar-refractivity contribution in [3.8, 4) is 5.75 Å². The van der Waals surface area contributed by atoms with Crippen molar-refractivity contribution in [2.24, 2.45) is 0 Å². The average molecular weight is 434 g/mol. The Morgan fingerprint density at radius 3 is 2.67 bits per heavy atom. The minimum Gasteiger partial charge on any atom is -0.463 e. The molecule has 3 aliphatic rings. The number of benzene rings is 3. The van der Waals surface area contributed by atoms with Gasteiger partial charge in [0.15, 0.2) is 5.78 Å². The number of anilines is 1. The molecule has 1 unspecified atom stereocenters. The van der Waals surface area contributed by atoms with Gasteiger partial charge in [0.25, 0.3) is 0 Å². The van der Waals surface area contributed by atoms with Gasteiger partial charge in [-0.25, -0.2) is 0 Å². The van der Waals surface area contributed by atoms with Crippen LogP contribution in [0.4, 0.5) is 5.69 Å². The van der Waals surface area contributed by atoms with E-state index in [1.165, 1.54) is 10.8 Å².